The fraction of sp³-hybridized carbons (Fsp3) is 0.364. The maximum atomic E-state index is 8.33. The molecule has 0 saturated carbocycles. The average molecular weight is 209 g/mol. The molecule has 0 aliphatic carbocycles. The predicted octanol–water partition coefficient (Wildman–Crippen LogP) is 2.73. The summed E-state index contributed by atoms with van der Waals surface area (Å²) in [5.41, 5.74) is 1.10. The Morgan fingerprint density at radius 1 is 1.36 bits per heavy atom. The first kappa shape index (κ1) is 11.0. The summed E-state index contributed by atoms with van der Waals surface area (Å²) in [4.78, 5) is 0. The molecule has 0 saturated heterocycles. The van der Waals surface area contributed by atoms with Gasteiger partial charge in [-0.2, -0.15) is 5.26 Å². The highest BCUT2D eigenvalue weighted by Crippen LogP contribution is 2.14. The second kappa shape index (κ2) is 6.42. The van der Waals surface area contributed by atoms with Crippen LogP contribution in [0.15, 0.2) is 24.3 Å². The van der Waals surface area contributed by atoms with Crippen LogP contribution in [0.25, 0.3) is 0 Å². The molecule has 1 aromatic rings. The van der Waals surface area contributed by atoms with Gasteiger partial charge in [0.05, 0.1) is 6.07 Å². The van der Waals surface area contributed by atoms with Crippen molar-refractivity contribution in [2.75, 3.05) is 6.54 Å². The number of hydrogen-bond donors (Lipinski definition) is 1. The SMILES string of the molecule is N#CCCCNCc1ccccc1Cl. The Kier molecular flexibility index (Phi) is 5.06. The number of benzene rings is 1. The minimum Gasteiger partial charge on any atom is -0.313 e. The molecule has 0 radical (unpaired) electrons. The fourth-order valence-corrected chi connectivity index (χ4v) is 1.36. The molecule has 0 heterocycles. The molecule has 2 nitrogen and oxygen atoms in total. The molecule has 0 amide bonds. The number of unbranched alkanes of at least 4 members (excludes halogenated alkanes) is 1. The molecule has 0 aliphatic heterocycles. The molecule has 0 fully saturated rings. The molecule has 1 aromatic carbocycles. The second-order valence-electron chi connectivity index (χ2n) is 3.03. The zero-order valence-electron chi connectivity index (χ0n) is 7.96. The summed E-state index contributed by atoms with van der Waals surface area (Å²) in [7, 11) is 0. The molecular formula is C11H13ClN2. The molecule has 0 unspecified atom stereocenters. The Morgan fingerprint density at radius 3 is 2.86 bits per heavy atom. The van der Waals surface area contributed by atoms with Crippen molar-refractivity contribution in [1.82, 2.24) is 5.32 Å². The van der Waals surface area contributed by atoms with E-state index in [2.05, 4.69) is 11.4 Å². The van der Waals surface area contributed by atoms with Gasteiger partial charge in [-0.05, 0) is 24.6 Å². The third-order valence-corrected chi connectivity index (χ3v) is 2.28. The number of nitriles is 1. The van der Waals surface area contributed by atoms with Crippen molar-refractivity contribution in [1.29, 1.82) is 5.26 Å². The molecule has 0 atom stereocenters. The van der Waals surface area contributed by atoms with Gasteiger partial charge in [0.2, 0.25) is 0 Å². The molecule has 0 aromatic heterocycles. The zero-order chi connectivity index (χ0) is 10.2. The lowest BCUT2D eigenvalue weighted by Gasteiger charge is -2.04. The minimum absolute atomic E-state index is 0.607. The van der Waals surface area contributed by atoms with Gasteiger partial charge in [0.25, 0.3) is 0 Å². The van der Waals surface area contributed by atoms with Crippen molar-refractivity contribution in [3.63, 3.8) is 0 Å². The van der Waals surface area contributed by atoms with Gasteiger partial charge in [0.15, 0.2) is 0 Å². The molecule has 1 rings (SSSR count). The van der Waals surface area contributed by atoms with Crippen molar-refractivity contribution in [2.24, 2.45) is 0 Å². The van der Waals surface area contributed by atoms with Crippen LogP contribution in [-0.4, -0.2) is 6.54 Å². The summed E-state index contributed by atoms with van der Waals surface area (Å²) >= 11 is 5.97. The molecule has 74 valence electrons. The summed E-state index contributed by atoms with van der Waals surface area (Å²) in [5.74, 6) is 0. The highest BCUT2D eigenvalue weighted by molar-refractivity contribution is 6.31. The van der Waals surface area contributed by atoms with Crippen LogP contribution in [-0.2, 0) is 6.54 Å². The average Bonchev–Trinajstić information content (AvgIpc) is 2.20. The first-order chi connectivity index (χ1) is 6.84. The molecule has 0 spiro atoms. The van der Waals surface area contributed by atoms with E-state index in [1.807, 2.05) is 24.3 Å². The smallest absolute Gasteiger partial charge is 0.0622 e. The van der Waals surface area contributed by atoms with E-state index in [1.54, 1.807) is 0 Å². The maximum Gasteiger partial charge on any atom is 0.0622 e. The Labute approximate surface area is 89.5 Å². The number of halogens is 1. The molecule has 0 aliphatic rings. The number of nitrogens with one attached hydrogen (secondary N) is 1. The highest BCUT2D eigenvalue weighted by Gasteiger charge is 1.96. The molecule has 3 heteroatoms. The van der Waals surface area contributed by atoms with E-state index in [9.17, 15) is 0 Å². The number of hydrogen-bond acceptors (Lipinski definition) is 2. The van der Waals surface area contributed by atoms with E-state index in [0.717, 1.165) is 30.1 Å². The normalized spacial score (nSPS) is 9.71. The lowest BCUT2D eigenvalue weighted by Crippen LogP contribution is -2.14. The van der Waals surface area contributed by atoms with E-state index in [1.165, 1.54) is 0 Å². The van der Waals surface area contributed by atoms with Crippen LogP contribution in [0.3, 0.4) is 0 Å². The Hall–Kier alpha value is -1.04. The van der Waals surface area contributed by atoms with Crippen LogP contribution in [0.4, 0.5) is 0 Å². The minimum atomic E-state index is 0.607. The molecular weight excluding hydrogens is 196 g/mol. The maximum absolute atomic E-state index is 8.33. The summed E-state index contributed by atoms with van der Waals surface area (Å²) < 4.78 is 0. The Morgan fingerprint density at radius 2 is 2.14 bits per heavy atom. The summed E-state index contributed by atoms with van der Waals surface area (Å²) in [6.45, 7) is 1.63. The molecule has 0 bridgehead atoms. The molecule has 14 heavy (non-hydrogen) atoms. The monoisotopic (exact) mass is 208 g/mol. The number of rotatable bonds is 5. The topological polar surface area (TPSA) is 35.8 Å². The number of nitrogens with zero attached hydrogens (tertiary/aromatic N) is 1. The van der Waals surface area contributed by atoms with Crippen molar-refractivity contribution < 1.29 is 0 Å². The van der Waals surface area contributed by atoms with E-state index < -0.39 is 0 Å². The van der Waals surface area contributed by atoms with Crippen LogP contribution < -0.4 is 5.32 Å². The Bertz CT molecular complexity index is 317. The Balaban J connectivity index is 2.25. The summed E-state index contributed by atoms with van der Waals surface area (Å²) in [5, 5.41) is 12.4. The van der Waals surface area contributed by atoms with Gasteiger partial charge in [-0.15, -0.1) is 0 Å². The van der Waals surface area contributed by atoms with Crippen molar-refractivity contribution in [3.8, 4) is 6.07 Å². The second-order valence-corrected chi connectivity index (χ2v) is 3.44. The predicted molar refractivity (Wildman–Crippen MR) is 58.0 cm³/mol. The lowest BCUT2D eigenvalue weighted by molar-refractivity contribution is 0.657. The van der Waals surface area contributed by atoms with Crippen LogP contribution in [0.2, 0.25) is 5.02 Å². The van der Waals surface area contributed by atoms with E-state index in [0.29, 0.717) is 6.42 Å². The van der Waals surface area contributed by atoms with Crippen molar-refractivity contribution in [3.05, 3.63) is 34.9 Å². The summed E-state index contributed by atoms with van der Waals surface area (Å²) in [6, 6.07) is 9.88. The highest BCUT2D eigenvalue weighted by atomic mass is 35.5. The first-order valence-electron chi connectivity index (χ1n) is 4.65. The van der Waals surface area contributed by atoms with Crippen molar-refractivity contribution >= 4 is 11.6 Å². The van der Waals surface area contributed by atoms with E-state index in [4.69, 9.17) is 16.9 Å². The first-order valence-corrected chi connectivity index (χ1v) is 5.03. The van der Waals surface area contributed by atoms with Crippen molar-refractivity contribution in [2.45, 2.75) is 19.4 Å². The third-order valence-electron chi connectivity index (χ3n) is 1.92. The van der Waals surface area contributed by atoms with Gasteiger partial charge in [0.1, 0.15) is 0 Å². The molecule has 1 N–H and O–H groups in total. The largest absolute Gasteiger partial charge is 0.313 e. The van der Waals surface area contributed by atoms with Gasteiger partial charge in [-0.1, -0.05) is 29.8 Å². The quantitative estimate of drug-likeness (QED) is 0.756. The van der Waals surface area contributed by atoms with Crippen LogP contribution >= 0.6 is 11.6 Å². The zero-order valence-corrected chi connectivity index (χ0v) is 8.72. The van der Waals surface area contributed by atoms with Gasteiger partial charge < -0.3 is 5.32 Å². The van der Waals surface area contributed by atoms with Crippen LogP contribution in [0.5, 0.6) is 0 Å². The van der Waals surface area contributed by atoms with Crippen LogP contribution in [0, 0.1) is 11.3 Å². The van der Waals surface area contributed by atoms with Gasteiger partial charge in [-0.25, -0.2) is 0 Å². The van der Waals surface area contributed by atoms with Gasteiger partial charge >= 0.3 is 0 Å². The van der Waals surface area contributed by atoms with E-state index >= 15 is 0 Å². The van der Waals surface area contributed by atoms with E-state index in [-0.39, 0.29) is 0 Å². The van der Waals surface area contributed by atoms with Crippen LogP contribution in [0.1, 0.15) is 18.4 Å². The van der Waals surface area contributed by atoms with Gasteiger partial charge in [-0.3, -0.25) is 0 Å². The van der Waals surface area contributed by atoms with Gasteiger partial charge in [0, 0.05) is 18.0 Å². The fourth-order valence-electron chi connectivity index (χ4n) is 1.16. The lowest BCUT2D eigenvalue weighted by atomic mass is 10.2. The third kappa shape index (κ3) is 3.78. The summed E-state index contributed by atoms with van der Waals surface area (Å²) in [6.07, 6.45) is 1.50. The standard InChI is InChI=1S/C11H13ClN2/c12-11-6-2-1-5-10(11)9-14-8-4-3-7-13/h1-2,5-6,14H,3-4,8-9H2.